The van der Waals surface area contributed by atoms with Crippen LogP contribution in [0.5, 0.6) is 5.75 Å². The summed E-state index contributed by atoms with van der Waals surface area (Å²) >= 11 is 3.25. The summed E-state index contributed by atoms with van der Waals surface area (Å²) in [5, 5.41) is 8.54. The number of halogens is 1. The van der Waals surface area contributed by atoms with Gasteiger partial charge in [-0.3, -0.25) is 4.79 Å². The smallest absolute Gasteiger partial charge is 0.328 e. The lowest BCUT2D eigenvalue weighted by Gasteiger charge is -2.07. The van der Waals surface area contributed by atoms with Crippen molar-refractivity contribution in [3.63, 3.8) is 0 Å². The molecule has 6 heteroatoms. The second-order valence-corrected chi connectivity index (χ2v) is 4.02. The van der Waals surface area contributed by atoms with E-state index in [-0.39, 0.29) is 6.61 Å². The number of carbonyl (C=O) groups is 2. The second kappa shape index (κ2) is 6.05. The first kappa shape index (κ1) is 13.2. The molecule has 90 valence electrons. The number of hydrogen-bond donors (Lipinski definition) is 2. The summed E-state index contributed by atoms with van der Waals surface area (Å²) in [7, 11) is 0. The van der Waals surface area contributed by atoms with Gasteiger partial charge in [0.15, 0.2) is 6.61 Å². The highest BCUT2D eigenvalue weighted by Crippen LogP contribution is 2.24. The topological polar surface area (TPSA) is 89.6 Å². The van der Waals surface area contributed by atoms with E-state index in [9.17, 15) is 9.59 Å². The molecule has 0 bridgehead atoms. The van der Waals surface area contributed by atoms with E-state index < -0.39 is 11.9 Å². The molecule has 0 aliphatic heterocycles. The van der Waals surface area contributed by atoms with Gasteiger partial charge in [-0.25, -0.2) is 4.79 Å². The van der Waals surface area contributed by atoms with Crippen LogP contribution >= 0.6 is 15.9 Å². The van der Waals surface area contributed by atoms with Crippen LogP contribution in [0.1, 0.15) is 5.56 Å². The van der Waals surface area contributed by atoms with Gasteiger partial charge < -0.3 is 15.6 Å². The SMILES string of the molecule is NC(=O)COc1ccc(Br)cc1C=CC(=O)O. The number of benzene rings is 1. The third kappa shape index (κ3) is 4.69. The summed E-state index contributed by atoms with van der Waals surface area (Å²) in [4.78, 5) is 21.0. The van der Waals surface area contributed by atoms with E-state index in [2.05, 4.69) is 15.9 Å². The fourth-order valence-corrected chi connectivity index (χ4v) is 1.47. The van der Waals surface area contributed by atoms with Crippen LogP contribution in [0.4, 0.5) is 0 Å². The number of ether oxygens (including phenoxy) is 1. The molecule has 0 aromatic heterocycles. The van der Waals surface area contributed by atoms with Crippen molar-refractivity contribution in [1.29, 1.82) is 0 Å². The van der Waals surface area contributed by atoms with E-state index in [0.29, 0.717) is 11.3 Å². The van der Waals surface area contributed by atoms with Gasteiger partial charge in [-0.15, -0.1) is 0 Å². The van der Waals surface area contributed by atoms with Crippen LogP contribution < -0.4 is 10.5 Å². The van der Waals surface area contributed by atoms with Crippen molar-refractivity contribution in [2.24, 2.45) is 5.73 Å². The van der Waals surface area contributed by atoms with Crippen LogP contribution in [-0.4, -0.2) is 23.6 Å². The molecular weight excluding hydrogens is 290 g/mol. The lowest BCUT2D eigenvalue weighted by molar-refractivity contribution is -0.131. The molecule has 0 atom stereocenters. The van der Waals surface area contributed by atoms with Gasteiger partial charge in [-0.2, -0.15) is 0 Å². The minimum atomic E-state index is -1.06. The molecule has 5 nitrogen and oxygen atoms in total. The predicted molar refractivity (Wildman–Crippen MR) is 65.5 cm³/mol. The van der Waals surface area contributed by atoms with E-state index in [1.165, 1.54) is 6.08 Å². The molecule has 1 aromatic carbocycles. The number of hydrogen-bond acceptors (Lipinski definition) is 3. The highest BCUT2D eigenvalue weighted by Gasteiger charge is 2.04. The second-order valence-electron chi connectivity index (χ2n) is 3.11. The summed E-state index contributed by atoms with van der Waals surface area (Å²) in [6.07, 6.45) is 2.36. The van der Waals surface area contributed by atoms with Crippen molar-refractivity contribution in [3.05, 3.63) is 34.3 Å². The molecule has 0 heterocycles. The van der Waals surface area contributed by atoms with Gasteiger partial charge in [0.2, 0.25) is 0 Å². The van der Waals surface area contributed by atoms with Gasteiger partial charge in [0, 0.05) is 16.1 Å². The Morgan fingerprint density at radius 3 is 2.76 bits per heavy atom. The molecular formula is C11H10BrNO4. The molecule has 0 radical (unpaired) electrons. The minimum Gasteiger partial charge on any atom is -0.483 e. The zero-order chi connectivity index (χ0) is 12.8. The van der Waals surface area contributed by atoms with Gasteiger partial charge in [-0.05, 0) is 24.3 Å². The minimum absolute atomic E-state index is 0.254. The fourth-order valence-electron chi connectivity index (χ4n) is 1.09. The van der Waals surface area contributed by atoms with E-state index in [4.69, 9.17) is 15.6 Å². The molecule has 0 saturated carbocycles. The molecule has 3 N–H and O–H groups in total. The van der Waals surface area contributed by atoms with Crippen molar-refractivity contribution in [2.75, 3.05) is 6.61 Å². The number of carbonyl (C=O) groups excluding carboxylic acids is 1. The lowest BCUT2D eigenvalue weighted by Crippen LogP contribution is -2.20. The van der Waals surface area contributed by atoms with Gasteiger partial charge in [0.1, 0.15) is 5.75 Å². The Kier molecular flexibility index (Phi) is 4.71. The fraction of sp³-hybridized carbons (Fsp3) is 0.0909. The lowest BCUT2D eigenvalue weighted by atomic mass is 10.2. The third-order valence-corrected chi connectivity index (χ3v) is 2.24. The zero-order valence-electron chi connectivity index (χ0n) is 8.72. The standard InChI is InChI=1S/C11H10BrNO4/c12-8-2-3-9(17-6-10(13)14)7(5-8)1-4-11(15)16/h1-5H,6H2,(H2,13,14)(H,15,16). The third-order valence-electron chi connectivity index (χ3n) is 1.75. The number of rotatable bonds is 5. The number of primary amides is 1. The van der Waals surface area contributed by atoms with Crippen LogP contribution in [0.2, 0.25) is 0 Å². The van der Waals surface area contributed by atoms with E-state index in [0.717, 1.165) is 10.5 Å². The molecule has 1 amide bonds. The number of carboxylic acid groups (broad SMARTS) is 1. The molecule has 1 aromatic rings. The normalized spacial score (nSPS) is 10.4. The zero-order valence-corrected chi connectivity index (χ0v) is 10.3. The Balaban J connectivity index is 2.95. The predicted octanol–water partition coefficient (Wildman–Crippen LogP) is 1.41. The van der Waals surface area contributed by atoms with Crippen LogP contribution in [0, 0.1) is 0 Å². The number of nitrogens with two attached hydrogens (primary N) is 1. The molecule has 0 unspecified atom stereocenters. The van der Waals surface area contributed by atoms with Gasteiger partial charge >= 0.3 is 5.97 Å². The van der Waals surface area contributed by atoms with E-state index in [1.807, 2.05) is 0 Å². The maximum atomic E-state index is 10.6. The molecule has 0 aliphatic rings. The largest absolute Gasteiger partial charge is 0.483 e. The number of amides is 1. The number of carboxylic acids is 1. The molecule has 0 fully saturated rings. The first-order valence-corrected chi connectivity index (χ1v) is 5.40. The Bertz CT molecular complexity index is 471. The van der Waals surface area contributed by atoms with Crippen molar-refractivity contribution in [3.8, 4) is 5.75 Å². The Hall–Kier alpha value is -1.82. The van der Waals surface area contributed by atoms with Crippen LogP contribution in [0.15, 0.2) is 28.7 Å². The van der Waals surface area contributed by atoms with Crippen molar-refractivity contribution < 1.29 is 19.4 Å². The van der Waals surface area contributed by atoms with Crippen LogP contribution in [0.25, 0.3) is 6.08 Å². The highest BCUT2D eigenvalue weighted by atomic mass is 79.9. The Morgan fingerprint density at radius 1 is 1.47 bits per heavy atom. The molecule has 0 aliphatic carbocycles. The van der Waals surface area contributed by atoms with Crippen LogP contribution in [-0.2, 0) is 9.59 Å². The van der Waals surface area contributed by atoms with Gasteiger partial charge in [-0.1, -0.05) is 15.9 Å². The van der Waals surface area contributed by atoms with Crippen molar-refractivity contribution in [1.82, 2.24) is 0 Å². The molecule has 17 heavy (non-hydrogen) atoms. The molecule has 0 saturated heterocycles. The Labute approximate surface area is 106 Å². The number of aliphatic carboxylic acids is 1. The average Bonchev–Trinajstić information content (AvgIpc) is 2.24. The molecule has 1 rings (SSSR count). The van der Waals surface area contributed by atoms with Gasteiger partial charge in [0.05, 0.1) is 0 Å². The summed E-state index contributed by atoms with van der Waals surface area (Å²) in [6, 6.07) is 5.01. The summed E-state index contributed by atoms with van der Waals surface area (Å²) in [6.45, 7) is -0.254. The van der Waals surface area contributed by atoms with E-state index in [1.54, 1.807) is 18.2 Å². The maximum absolute atomic E-state index is 10.6. The average molecular weight is 300 g/mol. The molecule has 0 spiro atoms. The first-order chi connectivity index (χ1) is 7.99. The maximum Gasteiger partial charge on any atom is 0.328 e. The van der Waals surface area contributed by atoms with E-state index >= 15 is 0 Å². The highest BCUT2D eigenvalue weighted by molar-refractivity contribution is 9.10. The van der Waals surface area contributed by atoms with Crippen LogP contribution in [0.3, 0.4) is 0 Å². The quantitative estimate of drug-likeness (QED) is 0.805. The van der Waals surface area contributed by atoms with Gasteiger partial charge in [0.25, 0.3) is 5.91 Å². The summed E-state index contributed by atoms with van der Waals surface area (Å²) in [5.74, 6) is -1.27. The van der Waals surface area contributed by atoms with Crippen molar-refractivity contribution in [2.45, 2.75) is 0 Å². The monoisotopic (exact) mass is 299 g/mol. The summed E-state index contributed by atoms with van der Waals surface area (Å²) < 4.78 is 5.92. The van der Waals surface area contributed by atoms with Crippen molar-refractivity contribution >= 4 is 33.9 Å². The first-order valence-electron chi connectivity index (χ1n) is 4.60. The summed E-state index contributed by atoms with van der Waals surface area (Å²) in [5.41, 5.74) is 5.50. The Morgan fingerprint density at radius 2 is 2.18 bits per heavy atom.